The average Bonchev–Trinajstić information content (AvgIpc) is 1.82. The van der Waals surface area contributed by atoms with E-state index >= 15 is 0 Å². The van der Waals surface area contributed by atoms with Gasteiger partial charge in [-0.3, -0.25) is 4.52 Å². The molecule has 4 nitrogen and oxygen atoms in total. The molecule has 0 aromatic heterocycles. The van der Waals surface area contributed by atoms with E-state index < -0.39 is 13.9 Å². The molecule has 12 heavy (non-hydrogen) atoms. The topological polar surface area (TPSA) is 66.8 Å². The van der Waals surface area contributed by atoms with Gasteiger partial charge in [-0.05, 0) is 27.2 Å². The van der Waals surface area contributed by atoms with Crippen LogP contribution in [-0.2, 0) is 9.09 Å². The van der Waals surface area contributed by atoms with Gasteiger partial charge >= 0.3 is 7.82 Å². The fourth-order valence-electron chi connectivity index (χ4n) is 0.843. The molecule has 0 aliphatic heterocycles. The van der Waals surface area contributed by atoms with Gasteiger partial charge < -0.3 is 9.79 Å². The third-order valence-electron chi connectivity index (χ3n) is 1.42. The summed E-state index contributed by atoms with van der Waals surface area (Å²) in [7, 11) is -4.32. The van der Waals surface area contributed by atoms with Crippen LogP contribution in [0.1, 0.15) is 27.2 Å². The first kappa shape index (κ1) is 11.8. The van der Waals surface area contributed by atoms with Crippen molar-refractivity contribution in [1.82, 2.24) is 0 Å². The lowest BCUT2D eigenvalue weighted by atomic mass is 10.1. The van der Waals surface area contributed by atoms with Gasteiger partial charge in [0.05, 0.1) is 6.10 Å². The normalized spacial score (nSPS) is 16.2. The first-order valence-corrected chi connectivity index (χ1v) is 5.24. The molecule has 1 atom stereocenters. The van der Waals surface area contributed by atoms with Crippen molar-refractivity contribution < 1.29 is 18.9 Å². The van der Waals surface area contributed by atoms with Crippen molar-refractivity contribution in [2.75, 3.05) is 0 Å². The van der Waals surface area contributed by atoms with Gasteiger partial charge in [0.1, 0.15) is 0 Å². The van der Waals surface area contributed by atoms with Crippen molar-refractivity contribution in [3.8, 4) is 0 Å². The van der Waals surface area contributed by atoms with Crippen LogP contribution in [0.5, 0.6) is 0 Å². The van der Waals surface area contributed by atoms with Crippen molar-refractivity contribution in [1.29, 1.82) is 0 Å². The summed E-state index contributed by atoms with van der Waals surface area (Å²) in [5.41, 5.74) is 1.05. The predicted molar refractivity (Wildman–Crippen MR) is 46.6 cm³/mol. The molecule has 0 aliphatic carbocycles. The van der Waals surface area contributed by atoms with Crippen molar-refractivity contribution >= 4 is 7.82 Å². The minimum atomic E-state index is -4.32. The molecule has 0 fully saturated rings. The van der Waals surface area contributed by atoms with Gasteiger partial charge in [0, 0.05) is 0 Å². The number of rotatable bonds is 4. The first-order valence-electron chi connectivity index (χ1n) is 3.71. The lowest BCUT2D eigenvalue weighted by Crippen LogP contribution is -2.06. The molecule has 1 unspecified atom stereocenters. The van der Waals surface area contributed by atoms with E-state index in [-0.39, 0.29) is 0 Å². The van der Waals surface area contributed by atoms with E-state index in [9.17, 15) is 4.57 Å². The van der Waals surface area contributed by atoms with E-state index in [4.69, 9.17) is 9.79 Å². The summed E-state index contributed by atoms with van der Waals surface area (Å²) >= 11 is 0. The van der Waals surface area contributed by atoms with Crippen LogP contribution in [0.25, 0.3) is 0 Å². The summed E-state index contributed by atoms with van der Waals surface area (Å²) in [6.07, 6.45) is 1.99. The second-order valence-electron chi connectivity index (χ2n) is 2.75. The molecule has 0 aromatic carbocycles. The van der Waals surface area contributed by atoms with Crippen LogP contribution in [0, 0.1) is 0 Å². The van der Waals surface area contributed by atoms with E-state index in [0.29, 0.717) is 6.42 Å². The Balaban J connectivity index is 3.91. The highest BCUT2D eigenvalue weighted by molar-refractivity contribution is 7.46. The number of hydrogen-bond donors (Lipinski definition) is 2. The summed E-state index contributed by atoms with van der Waals surface area (Å²) < 4.78 is 14.8. The van der Waals surface area contributed by atoms with Crippen LogP contribution in [0.3, 0.4) is 0 Å². The number of allylic oxidation sites excluding steroid dienone is 1. The van der Waals surface area contributed by atoms with E-state index in [0.717, 1.165) is 5.57 Å². The molecule has 0 rings (SSSR count). The smallest absolute Gasteiger partial charge is 0.303 e. The Kier molecular flexibility index (Phi) is 4.71. The molecule has 5 heteroatoms. The second-order valence-corrected chi connectivity index (χ2v) is 3.94. The highest BCUT2D eigenvalue weighted by Crippen LogP contribution is 2.38. The van der Waals surface area contributed by atoms with Crippen molar-refractivity contribution in [3.63, 3.8) is 0 Å². The van der Waals surface area contributed by atoms with Crippen LogP contribution >= 0.6 is 7.82 Å². The van der Waals surface area contributed by atoms with Crippen molar-refractivity contribution in [3.05, 3.63) is 11.6 Å². The molecule has 2 N–H and O–H groups in total. The number of hydrogen-bond acceptors (Lipinski definition) is 2. The fourth-order valence-corrected chi connectivity index (χ4v) is 1.39. The molecule has 0 aliphatic rings. The third-order valence-corrected chi connectivity index (χ3v) is 2.05. The standard InChI is InChI=1S/C7H15O4P/c1-4-6(2)5-7(3)11-12(8,9)10/h4,7H,5H2,1-3H3,(H2,8,9,10). The monoisotopic (exact) mass is 194 g/mol. The minimum absolute atomic E-state index is 0.443. The zero-order valence-electron chi connectivity index (χ0n) is 7.52. The minimum Gasteiger partial charge on any atom is -0.303 e. The van der Waals surface area contributed by atoms with Crippen LogP contribution in [-0.4, -0.2) is 15.9 Å². The predicted octanol–water partition coefficient (Wildman–Crippen LogP) is 1.84. The summed E-state index contributed by atoms with van der Waals surface area (Å²) in [5, 5.41) is 0. The zero-order valence-corrected chi connectivity index (χ0v) is 8.41. The van der Waals surface area contributed by atoms with Crippen LogP contribution in [0.15, 0.2) is 11.6 Å². The third kappa shape index (κ3) is 6.55. The molecule has 0 bridgehead atoms. The molecule has 0 radical (unpaired) electrons. The Morgan fingerprint density at radius 2 is 2.17 bits per heavy atom. The Morgan fingerprint density at radius 1 is 1.67 bits per heavy atom. The number of phosphoric acid groups is 1. The highest BCUT2D eigenvalue weighted by atomic mass is 31.2. The lowest BCUT2D eigenvalue weighted by molar-refractivity contribution is 0.145. The van der Waals surface area contributed by atoms with Crippen LogP contribution in [0.4, 0.5) is 0 Å². The number of phosphoric ester groups is 1. The summed E-state index contributed by atoms with van der Waals surface area (Å²) in [6, 6.07) is 0. The van der Waals surface area contributed by atoms with Gasteiger partial charge in [0.2, 0.25) is 0 Å². The Morgan fingerprint density at radius 3 is 2.50 bits per heavy atom. The Hall–Kier alpha value is -0.150. The largest absolute Gasteiger partial charge is 0.469 e. The molecule has 0 heterocycles. The van der Waals surface area contributed by atoms with Crippen molar-refractivity contribution in [2.45, 2.75) is 33.3 Å². The second kappa shape index (κ2) is 4.77. The maximum Gasteiger partial charge on any atom is 0.469 e. The van der Waals surface area contributed by atoms with E-state index in [1.807, 2.05) is 19.9 Å². The van der Waals surface area contributed by atoms with E-state index in [1.165, 1.54) is 0 Å². The van der Waals surface area contributed by atoms with Gasteiger partial charge in [0.15, 0.2) is 0 Å². The average molecular weight is 194 g/mol. The van der Waals surface area contributed by atoms with Crippen LogP contribution < -0.4 is 0 Å². The maximum atomic E-state index is 10.4. The molecule has 0 amide bonds. The van der Waals surface area contributed by atoms with Gasteiger partial charge in [-0.25, -0.2) is 4.57 Å². The summed E-state index contributed by atoms with van der Waals surface area (Å²) in [6.45, 7) is 5.39. The molecular formula is C7H15O4P. The zero-order chi connectivity index (χ0) is 9.78. The van der Waals surface area contributed by atoms with Gasteiger partial charge in [-0.15, -0.1) is 0 Å². The maximum absolute atomic E-state index is 10.4. The lowest BCUT2D eigenvalue weighted by Gasteiger charge is -2.13. The molecule has 72 valence electrons. The first-order chi connectivity index (χ1) is 5.35. The fraction of sp³-hybridized carbons (Fsp3) is 0.714. The summed E-state index contributed by atoms with van der Waals surface area (Å²) in [4.78, 5) is 16.9. The molecule has 0 spiro atoms. The SMILES string of the molecule is CC=C(C)CC(C)OP(=O)(O)O. The van der Waals surface area contributed by atoms with Crippen LogP contribution in [0.2, 0.25) is 0 Å². The molecule has 0 aromatic rings. The highest BCUT2D eigenvalue weighted by Gasteiger charge is 2.18. The Bertz CT molecular complexity index is 205. The van der Waals surface area contributed by atoms with Crippen molar-refractivity contribution in [2.24, 2.45) is 0 Å². The Labute approximate surface area is 72.5 Å². The molecular weight excluding hydrogens is 179 g/mol. The summed E-state index contributed by atoms with van der Waals surface area (Å²) in [5.74, 6) is 0. The van der Waals surface area contributed by atoms with Gasteiger partial charge in [-0.1, -0.05) is 11.6 Å². The van der Waals surface area contributed by atoms with E-state index in [1.54, 1.807) is 6.92 Å². The molecule has 0 saturated carbocycles. The van der Waals surface area contributed by atoms with Gasteiger partial charge in [-0.2, -0.15) is 0 Å². The quantitative estimate of drug-likeness (QED) is 0.529. The molecule has 0 saturated heterocycles. The van der Waals surface area contributed by atoms with Gasteiger partial charge in [0.25, 0.3) is 0 Å². The van der Waals surface area contributed by atoms with E-state index in [2.05, 4.69) is 4.52 Å².